The van der Waals surface area contributed by atoms with Crippen molar-refractivity contribution in [3.8, 4) is 11.5 Å². The van der Waals surface area contributed by atoms with Crippen LogP contribution in [0, 0.1) is 0 Å². The minimum atomic E-state index is -3.62. The van der Waals surface area contributed by atoms with E-state index in [0.29, 0.717) is 17.1 Å². The molecule has 0 aliphatic carbocycles. The molecule has 2 aromatic carbocycles. The zero-order chi connectivity index (χ0) is 24.3. The lowest BCUT2D eigenvalue weighted by Gasteiger charge is -2.26. The Morgan fingerprint density at radius 3 is 2.33 bits per heavy atom. The van der Waals surface area contributed by atoms with Crippen molar-refractivity contribution in [3.05, 3.63) is 53.1 Å². The second kappa shape index (κ2) is 9.59. The number of ether oxygens (including phenoxy) is 3. The summed E-state index contributed by atoms with van der Waals surface area (Å²) in [5.74, 6) is -1.66. The number of nitrogens with zero attached hydrogens (tertiary/aromatic N) is 1. The Morgan fingerprint density at radius 2 is 1.73 bits per heavy atom. The van der Waals surface area contributed by atoms with Gasteiger partial charge in [0.05, 0.1) is 42.8 Å². The van der Waals surface area contributed by atoms with Crippen LogP contribution < -0.4 is 14.8 Å². The van der Waals surface area contributed by atoms with Crippen molar-refractivity contribution < 1.29 is 37.0 Å². The third kappa shape index (κ3) is 4.99. The molecule has 0 aromatic heterocycles. The number of methoxy groups -OCH3 is 3. The molecule has 33 heavy (non-hydrogen) atoms. The van der Waals surface area contributed by atoms with E-state index in [-0.39, 0.29) is 23.4 Å². The van der Waals surface area contributed by atoms with E-state index in [2.05, 4.69) is 5.32 Å². The van der Waals surface area contributed by atoms with Gasteiger partial charge in [0.1, 0.15) is 16.4 Å². The summed E-state index contributed by atoms with van der Waals surface area (Å²) in [5.41, 5.74) is 0.568. The molecule has 0 fully saturated rings. The molecule has 1 aliphatic heterocycles. The number of hydrogen-bond donors (Lipinski definition) is 1. The van der Waals surface area contributed by atoms with Gasteiger partial charge in [-0.25, -0.2) is 8.42 Å². The molecule has 1 unspecified atom stereocenters. The molecule has 176 valence electrons. The first kappa shape index (κ1) is 24.2. The third-order valence-corrected chi connectivity index (χ3v) is 5.98. The van der Waals surface area contributed by atoms with Crippen LogP contribution in [0.5, 0.6) is 11.5 Å². The zero-order valence-corrected chi connectivity index (χ0v) is 19.4. The number of amides is 3. The highest BCUT2D eigenvalue weighted by Gasteiger charge is 2.43. The predicted octanol–water partition coefficient (Wildman–Crippen LogP) is 1.67. The molecular formula is C22H24N2O8S. The number of benzene rings is 2. The normalized spacial score (nSPS) is 14.1. The van der Waals surface area contributed by atoms with Crippen molar-refractivity contribution in [2.24, 2.45) is 0 Å². The molecule has 10 nitrogen and oxygen atoms in total. The number of rotatable bonds is 9. The lowest BCUT2D eigenvalue weighted by atomic mass is 10.1. The molecule has 0 bridgehead atoms. The number of carbonyl (C=O) groups excluding carboxylic acids is 3. The first-order chi connectivity index (χ1) is 15.6. The molecule has 11 heteroatoms. The van der Waals surface area contributed by atoms with Gasteiger partial charge in [-0.1, -0.05) is 12.1 Å². The number of carbonyl (C=O) groups is 3. The Morgan fingerprint density at radius 1 is 1.03 bits per heavy atom. The molecule has 0 spiro atoms. The lowest BCUT2D eigenvalue weighted by Crippen LogP contribution is -2.37. The van der Waals surface area contributed by atoms with Crippen LogP contribution in [-0.4, -0.2) is 71.0 Å². The number of fused-ring (bicyclic) bond motifs is 1. The van der Waals surface area contributed by atoms with E-state index in [1.165, 1.54) is 45.6 Å². The number of nitrogens with one attached hydrogen (secondary N) is 1. The fourth-order valence-electron chi connectivity index (χ4n) is 3.67. The fourth-order valence-corrected chi connectivity index (χ4v) is 4.59. The summed E-state index contributed by atoms with van der Waals surface area (Å²) >= 11 is 0. The monoisotopic (exact) mass is 476 g/mol. The molecule has 1 heterocycles. The molecule has 1 N–H and O–H groups in total. The number of hydrogen-bond acceptors (Lipinski definition) is 8. The van der Waals surface area contributed by atoms with Gasteiger partial charge in [0.2, 0.25) is 5.91 Å². The maximum atomic E-state index is 13.4. The van der Waals surface area contributed by atoms with Gasteiger partial charge in [0.15, 0.2) is 11.5 Å². The van der Waals surface area contributed by atoms with Crippen LogP contribution in [0.25, 0.3) is 0 Å². The number of anilines is 1. The van der Waals surface area contributed by atoms with Crippen LogP contribution in [0.4, 0.5) is 5.69 Å². The quantitative estimate of drug-likeness (QED) is 0.541. The Bertz CT molecular complexity index is 1210. The summed E-state index contributed by atoms with van der Waals surface area (Å²) in [6, 6.07) is 8.00. The summed E-state index contributed by atoms with van der Waals surface area (Å²) in [5, 5.41) is 2.56. The summed E-state index contributed by atoms with van der Waals surface area (Å²) < 4.78 is 39.8. The van der Waals surface area contributed by atoms with E-state index in [4.69, 9.17) is 14.2 Å². The molecule has 2 aromatic rings. The lowest BCUT2D eigenvalue weighted by molar-refractivity contribution is -0.119. The zero-order valence-electron chi connectivity index (χ0n) is 18.6. The van der Waals surface area contributed by atoms with E-state index >= 15 is 0 Å². The fraction of sp³-hybridized carbons (Fsp3) is 0.318. The van der Waals surface area contributed by atoms with Crippen LogP contribution in [0.15, 0.2) is 36.4 Å². The summed E-state index contributed by atoms with van der Waals surface area (Å²) in [7, 11) is 0.607. The summed E-state index contributed by atoms with van der Waals surface area (Å²) in [6.45, 7) is -0.238. The van der Waals surface area contributed by atoms with Crippen LogP contribution in [0.3, 0.4) is 0 Å². The van der Waals surface area contributed by atoms with Crippen LogP contribution >= 0.6 is 0 Å². The average Bonchev–Trinajstić information content (AvgIpc) is 3.02. The predicted molar refractivity (Wildman–Crippen MR) is 119 cm³/mol. The maximum Gasteiger partial charge on any atom is 0.264 e. The van der Waals surface area contributed by atoms with Crippen molar-refractivity contribution in [2.75, 3.05) is 45.3 Å². The standard InChI is InChI=1S/C22H24N2O8S/c1-30-11-19(25)23-15-7-5-6-14-20(15)22(27)24(21(14)26)16(12-33(4,28)29)13-8-9-17(31-2)18(10-13)32-3/h5-10,16H,11-12H2,1-4H3,(H,23,25). The van der Waals surface area contributed by atoms with Crippen LogP contribution in [-0.2, 0) is 19.4 Å². The highest BCUT2D eigenvalue weighted by atomic mass is 32.2. The Labute approximate surface area is 191 Å². The van der Waals surface area contributed by atoms with Gasteiger partial charge in [0, 0.05) is 13.4 Å². The van der Waals surface area contributed by atoms with Gasteiger partial charge in [0.25, 0.3) is 11.8 Å². The van der Waals surface area contributed by atoms with Gasteiger partial charge in [-0.3, -0.25) is 19.3 Å². The second-order valence-corrected chi connectivity index (χ2v) is 9.60. The highest BCUT2D eigenvalue weighted by Crippen LogP contribution is 2.38. The third-order valence-electron chi connectivity index (χ3n) is 5.06. The van der Waals surface area contributed by atoms with E-state index < -0.39 is 39.4 Å². The minimum Gasteiger partial charge on any atom is -0.493 e. The smallest absolute Gasteiger partial charge is 0.264 e. The second-order valence-electron chi connectivity index (χ2n) is 7.41. The summed E-state index contributed by atoms with van der Waals surface area (Å²) in [6.07, 6.45) is 1.02. The first-order valence-corrected chi connectivity index (χ1v) is 11.9. The van der Waals surface area contributed by atoms with Crippen molar-refractivity contribution in [2.45, 2.75) is 6.04 Å². The van der Waals surface area contributed by atoms with Gasteiger partial charge in [-0.05, 0) is 29.8 Å². The van der Waals surface area contributed by atoms with E-state index in [9.17, 15) is 22.8 Å². The molecule has 1 aliphatic rings. The molecular weight excluding hydrogens is 452 g/mol. The topological polar surface area (TPSA) is 128 Å². The van der Waals surface area contributed by atoms with Gasteiger partial charge in [-0.15, -0.1) is 0 Å². The molecule has 3 amide bonds. The van der Waals surface area contributed by atoms with E-state index in [0.717, 1.165) is 11.2 Å². The number of imide groups is 1. The molecule has 1 atom stereocenters. The molecule has 3 rings (SSSR count). The molecule has 0 saturated heterocycles. The maximum absolute atomic E-state index is 13.4. The Kier molecular flexibility index (Phi) is 7.04. The Balaban J connectivity index is 2.09. The molecule has 0 saturated carbocycles. The SMILES string of the molecule is COCC(=O)Nc1cccc2c1C(=O)N(C(CS(C)(=O)=O)c1ccc(OC)c(OC)c1)C2=O. The Hall–Kier alpha value is -3.44. The largest absolute Gasteiger partial charge is 0.493 e. The van der Waals surface area contributed by atoms with Crippen molar-refractivity contribution in [3.63, 3.8) is 0 Å². The van der Waals surface area contributed by atoms with Crippen molar-refractivity contribution in [1.82, 2.24) is 4.90 Å². The van der Waals surface area contributed by atoms with Crippen molar-refractivity contribution in [1.29, 1.82) is 0 Å². The van der Waals surface area contributed by atoms with Crippen LogP contribution in [0.1, 0.15) is 32.3 Å². The van der Waals surface area contributed by atoms with E-state index in [1.54, 1.807) is 12.1 Å². The van der Waals surface area contributed by atoms with Gasteiger partial charge >= 0.3 is 0 Å². The number of sulfone groups is 1. The minimum absolute atomic E-state index is 0.00840. The highest BCUT2D eigenvalue weighted by molar-refractivity contribution is 7.90. The summed E-state index contributed by atoms with van der Waals surface area (Å²) in [4.78, 5) is 39.6. The van der Waals surface area contributed by atoms with Crippen molar-refractivity contribution >= 4 is 33.2 Å². The molecule has 0 radical (unpaired) electrons. The average molecular weight is 477 g/mol. The first-order valence-electron chi connectivity index (χ1n) is 9.80. The van der Waals surface area contributed by atoms with Crippen LogP contribution in [0.2, 0.25) is 0 Å². The van der Waals surface area contributed by atoms with E-state index in [1.807, 2.05) is 0 Å². The van der Waals surface area contributed by atoms with Gasteiger partial charge < -0.3 is 19.5 Å². The van der Waals surface area contributed by atoms with Gasteiger partial charge in [-0.2, -0.15) is 0 Å².